The molecule has 0 unspecified atom stereocenters. The van der Waals surface area contributed by atoms with E-state index in [0.717, 1.165) is 10.7 Å². The number of piperazine rings is 1. The van der Waals surface area contributed by atoms with Crippen molar-refractivity contribution in [1.82, 2.24) is 24.6 Å². The zero-order valence-corrected chi connectivity index (χ0v) is 19.2. The summed E-state index contributed by atoms with van der Waals surface area (Å²) in [5.74, 6) is 0.634. The molecular formula is C21H23FN6O2S2. The van der Waals surface area contributed by atoms with E-state index < -0.39 is 0 Å². The Morgan fingerprint density at radius 3 is 2.56 bits per heavy atom. The van der Waals surface area contributed by atoms with Gasteiger partial charge in [0.2, 0.25) is 11.8 Å². The summed E-state index contributed by atoms with van der Waals surface area (Å²) in [6.07, 6.45) is 0. The van der Waals surface area contributed by atoms with Gasteiger partial charge in [-0.1, -0.05) is 17.8 Å². The molecule has 2 aromatic heterocycles. The lowest BCUT2D eigenvalue weighted by Crippen LogP contribution is -2.50. The minimum absolute atomic E-state index is 0.0473. The Balaban J connectivity index is 1.21. The Morgan fingerprint density at radius 1 is 1.12 bits per heavy atom. The largest absolute Gasteiger partial charge is 0.339 e. The summed E-state index contributed by atoms with van der Waals surface area (Å²) < 4.78 is 14.9. The van der Waals surface area contributed by atoms with Crippen molar-refractivity contribution in [3.05, 3.63) is 47.6 Å². The topological polar surface area (TPSA) is 83.4 Å². The maximum Gasteiger partial charge on any atom is 0.238 e. The van der Waals surface area contributed by atoms with Crippen LogP contribution in [-0.2, 0) is 16.6 Å². The van der Waals surface area contributed by atoms with Gasteiger partial charge in [-0.15, -0.1) is 21.5 Å². The van der Waals surface area contributed by atoms with Crippen LogP contribution in [-0.4, -0.2) is 74.9 Å². The van der Waals surface area contributed by atoms with E-state index >= 15 is 0 Å². The van der Waals surface area contributed by atoms with Gasteiger partial charge in [0, 0.05) is 38.9 Å². The van der Waals surface area contributed by atoms with Crippen LogP contribution in [0.15, 0.2) is 46.9 Å². The Bertz CT molecular complexity index is 1060. The van der Waals surface area contributed by atoms with Crippen LogP contribution >= 0.6 is 23.1 Å². The second-order valence-electron chi connectivity index (χ2n) is 7.34. The highest BCUT2D eigenvalue weighted by molar-refractivity contribution is 7.99. The van der Waals surface area contributed by atoms with Crippen molar-refractivity contribution in [1.29, 1.82) is 0 Å². The molecule has 168 valence electrons. The maximum absolute atomic E-state index is 13.0. The fourth-order valence-electron chi connectivity index (χ4n) is 3.37. The normalized spacial score (nSPS) is 14.5. The number of hydrogen-bond donors (Lipinski definition) is 1. The number of amides is 2. The standard InChI is InChI=1S/C21H23FN6O2S2/c1-26-20(17-3-2-12-31-17)24-25-21(26)32-14-19(30)28-10-8-27(9-11-28)13-18(29)23-16-6-4-15(22)5-7-16/h2-7,12H,8-11,13-14H2,1H3,(H,23,29). The van der Waals surface area contributed by atoms with Gasteiger partial charge >= 0.3 is 0 Å². The minimum atomic E-state index is -0.343. The summed E-state index contributed by atoms with van der Waals surface area (Å²) in [6.45, 7) is 2.63. The summed E-state index contributed by atoms with van der Waals surface area (Å²) in [7, 11) is 1.90. The molecule has 1 N–H and O–H groups in total. The first-order valence-electron chi connectivity index (χ1n) is 10.1. The summed E-state index contributed by atoms with van der Waals surface area (Å²) in [5.41, 5.74) is 0.563. The number of rotatable bonds is 7. The van der Waals surface area contributed by atoms with Gasteiger partial charge in [0.05, 0.1) is 17.2 Å². The molecule has 0 saturated carbocycles. The van der Waals surface area contributed by atoms with Gasteiger partial charge in [0.1, 0.15) is 5.82 Å². The van der Waals surface area contributed by atoms with Crippen LogP contribution in [0.3, 0.4) is 0 Å². The number of hydrogen-bond acceptors (Lipinski definition) is 7. The van der Waals surface area contributed by atoms with Crippen LogP contribution in [0.2, 0.25) is 0 Å². The number of carbonyl (C=O) groups is 2. The smallest absolute Gasteiger partial charge is 0.238 e. The first kappa shape index (κ1) is 22.4. The van der Waals surface area contributed by atoms with E-state index in [1.165, 1.54) is 36.0 Å². The molecule has 0 atom stereocenters. The number of nitrogens with one attached hydrogen (secondary N) is 1. The third-order valence-electron chi connectivity index (χ3n) is 5.12. The first-order chi connectivity index (χ1) is 15.5. The number of nitrogens with zero attached hydrogens (tertiary/aromatic N) is 5. The summed E-state index contributed by atoms with van der Waals surface area (Å²) in [6, 6.07) is 9.64. The van der Waals surface area contributed by atoms with Crippen molar-refractivity contribution in [2.45, 2.75) is 5.16 Å². The molecule has 1 aromatic carbocycles. The average molecular weight is 475 g/mol. The van der Waals surface area contributed by atoms with Gasteiger partial charge in [0.15, 0.2) is 11.0 Å². The van der Waals surface area contributed by atoms with Gasteiger partial charge in [-0.2, -0.15) is 0 Å². The van der Waals surface area contributed by atoms with Gasteiger partial charge in [-0.05, 0) is 35.7 Å². The van der Waals surface area contributed by atoms with Crippen molar-refractivity contribution < 1.29 is 14.0 Å². The van der Waals surface area contributed by atoms with Gasteiger partial charge in [-0.3, -0.25) is 14.5 Å². The number of aromatic nitrogens is 3. The predicted octanol–water partition coefficient (Wildman–Crippen LogP) is 2.56. The van der Waals surface area contributed by atoms with E-state index in [1.54, 1.807) is 11.3 Å². The van der Waals surface area contributed by atoms with Crippen LogP contribution < -0.4 is 5.32 Å². The number of thioether (sulfide) groups is 1. The fourth-order valence-corrected chi connectivity index (χ4v) is 4.93. The molecule has 0 aliphatic carbocycles. The van der Waals surface area contributed by atoms with Gasteiger partial charge in [0.25, 0.3) is 0 Å². The molecule has 11 heteroatoms. The van der Waals surface area contributed by atoms with E-state index in [-0.39, 0.29) is 24.2 Å². The summed E-state index contributed by atoms with van der Waals surface area (Å²) >= 11 is 2.98. The van der Waals surface area contributed by atoms with Crippen molar-refractivity contribution in [2.75, 3.05) is 43.8 Å². The zero-order valence-electron chi connectivity index (χ0n) is 17.5. The molecule has 0 radical (unpaired) electrons. The van der Waals surface area contributed by atoms with Crippen molar-refractivity contribution in [3.8, 4) is 10.7 Å². The third kappa shape index (κ3) is 5.53. The number of halogens is 1. The molecule has 0 bridgehead atoms. The molecule has 8 nitrogen and oxygen atoms in total. The SMILES string of the molecule is Cn1c(SCC(=O)N2CCN(CC(=O)Nc3ccc(F)cc3)CC2)nnc1-c1cccs1. The Kier molecular flexibility index (Phi) is 7.18. The van der Waals surface area contributed by atoms with Crippen LogP contribution in [0, 0.1) is 5.82 Å². The molecule has 1 aliphatic heterocycles. The lowest BCUT2D eigenvalue weighted by atomic mass is 10.3. The van der Waals surface area contributed by atoms with E-state index in [1.807, 2.05) is 38.9 Å². The Labute approximate surface area is 193 Å². The molecule has 2 amide bonds. The van der Waals surface area contributed by atoms with E-state index in [9.17, 15) is 14.0 Å². The van der Waals surface area contributed by atoms with E-state index in [0.29, 0.717) is 42.8 Å². The highest BCUT2D eigenvalue weighted by Gasteiger charge is 2.23. The van der Waals surface area contributed by atoms with Crippen LogP contribution in [0.4, 0.5) is 10.1 Å². The molecule has 1 fully saturated rings. The fraction of sp³-hybridized carbons (Fsp3) is 0.333. The second-order valence-corrected chi connectivity index (χ2v) is 9.23. The molecule has 4 rings (SSSR count). The maximum atomic E-state index is 13.0. The molecule has 1 aliphatic rings. The average Bonchev–Trinajstić information content (AvgIpc) is 3.44. The molecule has 3 aromatic rings. The second kappa shape index (κ2) is 10.2. The van der Waals surface area contributed by atoms with Crippen molar-refractivity contribution >= 4 is 40.6 Å². The van der Waals surface area contributed by atoms with E-state index in [2.05, 4.69) is 15.5 Å². The number of benzene rings is 1. The number of anilines is 1. The highest BCUT2D eigenvalue weighted by atomic mass is 32.2. The Morgan fingerprint density at radius 2 is 1.88 bits per heavy atom. The third-order valence-corrected chi connectivity index (χ3v) is 6.99. The molecule has 32 heavy (non-hydrogen) atoms. The minimum Gasteiger partial charge on any atom is -0.339 e. The van der Waals surface area contributed by atoms with Crippen LogP contribution in [0.5, 0.6) is 0 Å². The summed E-state index contributed by atoms with van der Waals surface area (Å²) in [5, 5.41) is 13.9. The van der Waals surface area contributed by atoms with Gasteiger partial charge in [-0.25, -0.2) is 4.39 Å². The molecular weight excluding hydrogens is 451 g/mol. The number of carbonyl (C=O) groups excluding carboxylic acids is 2. The van der Waals surface area contributed by atoms with Crippen LogP contribution in [0.1, 0.15) is 0 Å². The monoisotopic (exact) mass is 474 g/mol. The molecule has 1 saturated heterocycles. The highest BCUT2D eigenvalue weighted by Crippen LogP contribution is 2.26. The van der Waals surface area contributed by atoms with Crippen molar-refractivity contribution in [2.24, 2.45) is 7.05 Å². The lowest BCUT2D eigenvalue weighted by Gasteiger charge is -2.34. The zero-order chi connectivity index (χ0) is 22.5. The molecule has 0 spiro atoms. The summed E-state index contributed by atoms with van der Waals surface area (Å²) in [4.78, 5) is 29.7. The quantitative estimate of drug-likeness (QED) is 0.530. The van der Waals surface area contributed by atoms with Crippen LogP contribution in [0.25, 0.3) is 10.7 Å². The van der Waals surface area contributed by atoms with E-state index in [4.69, 9.17) is 0 Å². The lowest BCUT2D eigenvalue weighted by molar-refractivity contribution is -0.130. The Hall–Kier alpha value is -2.76. The first-order valence-corrected chi connectivity index (χ1v) is 12.0. The molecule has 3 heterocycles. The van der Waals surface area contributed by atoms with Gasteiger partial charge < -0.3 is 14.8 Å². The number of thiophene rings is 1. The van der Waals surface area contributed by atoms with Crippen molar-refractivity contribution in [3.63, 3.8) is 0 Å². The predicted molar refractivity (Wildman–Crippen MR) is 123 cm³/mol.